The summed E-state index contributed by atoms with van der Waals surface area (Å²) in [7, 11) is 0. The van der Waals surface area contributed by atoms with Gasteiger partial charge in [-0.2, -0.15) is 0 Å². The Bertz CT molecular complexity index is 742. The van der Waals surface area contributed by atoms with Crippen molar-refractivity contribution < 1.29 is 5.11 Å². The second kappa shape index (κ2) is 7.75. The molecule has 31 heavy (non-hydrogen) atoms. The summed E-state index contributed by atoms with van der Waals surface area (Å²) < 4.78 is 0. The summed E-state index contributed by atoms with van der Waals surface area (Å²) >= 11 is 0. The molecule has 0 aromatic heterocycles. The molecule has 1 nitrogen and oxygen atoms in total. The monoisotopic (exact) mass is 426 g/mol. The molecule has 4 fully saturated rings. The van der Waals surface area contributed by atoms with Crippen LogP contribution in [0.4, 0.5) is 0 Å². The first-order chi connectivity index (χ1) is 14.4. The van der Waals surface area contributed by atoms with Crippen molar-refractivity contribution in [2.75, 3.05) is 0 Å². The summed E-state index contributed by atoms with van der Waals surface area (Å²) in [6.07, 6.45) is 15.0. The fraction of sp³-hybridized carbons (Fsp3) is 0.867. The molecular formula is C30H50O. The van der Waals surface area contributed by atoms with E-state index in [2.05, 4.69) is 61.1 Å². The average Bonchev–Trinajstić information content (AvgIpc) is 3.03. The van der Waals surface area contributed by atoms with Gasteiger partial charge in [-0.1, -0.05) is 58.4 Å². The number of allylic oxidation sites excluding steroid dienone is 3. The van der Waals surface area contributed by atoms with Crippen molar-refractivity contribution in [3.05, 3.63) is 23.8 Å². The molecule has 0 bridgehead atoms. The number of aliphatic hydroxyl groups excluding tert-OH is 1. The van der Waals surface area contributed by atoms with E-state index >= 15 is 0 Å². The van der Waals surface area contributed by atoms with Crippen LogP contribution in [0.25, 0.3) is 0 Å². The predicted molar refractivity (Wildman–Crippen MR) is 133 cm³/mol. The second-order valence-corrected chi connectivity index (χ2v) is 13.7. The molecule has 0 aromatic rings. The van der Waals surface area contributed by atoms with Crippen LogP contribution in [0.3, 0.4) is 0 Å². The van der Waals surface area contributed by atoms with Gasteiger partial charge in [0, 0.05) is 0 Å². The summed E-state index contributed by atoms with van der Waals surface area (Å²) in [4.78, 5) is 0. The van der Waals surface area contributed by atoms with Crippen LogP contribution >= 0.6 is 0 Å². The Morgan fingerprint density at radius 2 is 1.55 bits per heavy atom. The van der Waals surface area contributed by atoms with Crippen LogP contribution < -0.4 is 0 Å². The highest BCUT2D eigenvalue weighted by atomic mass is 16.3. The van der Waals surface area contributed by atoms with Gasteiger partial charge in [-0.05, 0) is 123 Å². The lowest BCUT2D eigenvalue weighted by molar-refractivity contribution is -0.220. The van der Waals surface area contributed by atoms with E-state index in [1.54, 1.807) is 0 Å². The summed E-state index contributed by atoms with van der Waals surface area (Å²) in [5.41, 5.74) is 4.31. The zero-order valence-corrected chi connectivity index (χ0v) is 21.7. The smallest absolute Gasteiger partial charge is 0.0594 e. The molecule has 0 amide bonds. The van der Waals surface area contributed by atoms with Gasteiger partial charge < -0.3 is 5.11 Å². The molecule has 4 aliphatic rings. The summed E-state index contributed by atoms with van der Waals surface area (Å²) in [5, 5.41) is 10.8. The summed E-state index contributed by atoms with van der Waals surface area (Å²) in [6.45, 7) is 21.8. The Kier molecular flexibility index (Phi) is 5.90. The maximum Gasteiger partial charge on any atom is 0.0594 e. The number of aliphatic hydroxyl groups is 1. The topological polar surface area (TPSA) is 20.2 Å². The van der Waals surface area contributed by atoms with Gasteiger partial charge in [0.15, 0.2) is 0 Å². The van der Waals surface area contributed by atoms with Crippen LogP contribution in [0.2, 0.25) is 0 Å². The zero-order chi connectivity index (χ0) is 22.8. The van der Waals surface area contributed by atoms with Crippen LogP contribution in [-0.4, -0.2) is 11.2 Å². The van der Waals surface area contributed by atoms with Crippen LogP contribution in [0, 0.1) is 45.3 Å². The highest BCUT2D eigenvalue weighted by Crippen LogP contribution is 2.75. The molecule has 0 heterocycles. The first-order valence-corrected chi connectivity index (χ1v) is 13.4. The Morgan fingerprint density at radius 3 is 2.23 bits per heavy atom. The van der Waals surface area contributed by atoms with Crippen LogP contribution in [0.1, 0.15) is 113 Å². The molecule has 0 unspecified atom stereocenters. The van der Waals surface area contributed by atoms with E-state index in [0.717, 1.165) is 30.6 Å². The molecule has 0 aromatic carbocycles. The van der Waals surface area contributed by atoms with E-state index in [1.165, 1.54) is 62.5 Å². The Labute approximate surface area is 193 Å². The number of rotatable bonds is 4. The van der Waals surface area contributed by atoms with Gasteiger partial charge in [0.25, 0.3) is 0 Å². The second-order valence-electron chi connectivity index (χ2n) is 13.7. The largest absolute Gasteiger partial charge is 0.393 e. The molecule has 8 atom stereocenters. The standard InChI is InChI=1S/C30H50O/c1-20(2)10-9-11-21(3)22-14-18-29(7)23(22)12-13-25-28(6)17-16-26(31)27(4,5)24(28)15-19-30(25,29)8/h10,22-26,31H,3,9,11-19H2,1-2,4-8H3/t22-,23-,24+,25-,26+,28-,29-,30-/m1/s1. The Hall–Kier alpha value is -0.560. The van der Waals surface area contributed by atoms with Crippen molar-refractivity contribution in [3.8, 4) is 0 Å². The van der Waals surface area contributed by atoms with Gasteiger partial charge in [-0.15, -0.1) is 0 Å². The first-order valence-electron chi connectivity index (χ1n) is 13.4. The van der Waals surface area contributed by atoms with Gasteiger partial charge >= 0.3 is 0 Å². The third-order valence-electron chi connectivity index (χ3n) is 11.9. The van der Waals surface area contributed by atoms with Gasteiger partial charge in [0.2, 0.25) is 0 Å². The molecule has 4 aliphatic carbocycles. The van der Waals surface area contributed by atoms with Crippen LogP contribution in [0.15, 0.2) is 23.8 Å². The highest BCUT2D eigenvalue weighted by molar-refractivity contribution is 5.20. The summed E-state index contributed by atoms with van der Waals surface area (Å²) in [5.74, 6) is 3.04. The third kappa shape index (κ3) is 3.34. The molecule has 4 saturated carbocycles. The molecule has 0 saturated heterocycles. The minimum Gasteiger partial charge on any atom is -0.393 e. The third-order valence-corrected chi connectivity index (χ3v) is 11.9. The fourth-order valence-corrected chi connectivity index (χ4v) is 9.95. The van der Waals surface area contributed by atoms with Crippen molar-refractivity contribution in [3.63, 3.8) is 0 Å². The first kappa shape index (κ1) is 23.6. The van der Waals surface area contributed by atoms with Crippen molar-refractivity contribution in [1.82, 2.24) is 0 Å². The van der Waals surface area contributed by atoms with Gasteiger partial charge in [-0.3, -0.25) is 0 Å². The predicted octanol–water partition coefficient (Wildman–Crippen LogP) is 8.34. The highest BCUT2D eigenvalue weighted by Gasteiger charge is 2.68. The number of fused-ring (bicyclic) bond motifs is 5. The number of hydrogen-bond acceptors (Lipinski definition) is 1. The molecule has 4 rings (SSSR count). The van der Waals surface area contributed by atoms with E-state index in [-0.39, 0.29) is 11.5 Å². The van der Waals surface area contributed by atoms with Crippen molar-refractivity contribution in [1.29, 1.82) is 0 Å². The van der Waals surface area contributed by atoms with E-state index in [0.29, 0.717) is 22.2 Å². The van der Waals surface area contributed by atoms with Gasteiger partial charge in [0.1, 0.15) is 0 Å². The maximum atomic E-state index is 10.8. The lowest BCUT2D eigenvalue weighted by Gasteiger charge is -2.69. The van der Waals surface area contributed by atoms with Crippen LogP contribution in [0.5, 0.6) is 0 Å². The Balaban J connectivity index is 1.59. The number of hydrogen-bond donors (Lipinski definition) is 1. The minimum atomic E-state index is -0.123. The van der Waals surface area contributed by atoms with E-state index < -0.39 is 0 Å². The lowest BCUT2D eigenvalue weighted by atomic mass is 9.35. The van der Waals surface area contributed by atoms with Crippen LogP contribution in [-0.2, 0) is 0 Å². The lowest BCUT2D eigenvalue weighted by Crippen LogP contribution is -2.63. The normalized spacial score (nSPS) is 48.3. The van der Waals surface area contributed by atoms with Crippen molar-refractivity contribution >= 4 is 0 Å². The quantitative estimate of drug-likeness (QED) is 0.448. The fourth-order valence-electron chi connectivity index (χ4n) is 9.95. The molecule has 176 valence electrons. The van der Waals surface area contributed by atoms with Crippen molar-refractivity contribution in [2.45, 2.75) is 119 Å². The minimum absolute atomic E-state index is 0.0590. The van der Waals surface area contributed by atoms with Crippen molar-refractivity contribution in [2.24, 2.45) is 45.3 Å². The van der Waals surface area contributed by atoms with E-state index in [9.17, 15) is 5.11 Å². The summed E-state index contributed by atoms with van der Waals surface area (Å²) in [6, 6.07) is 0. The average molecular weight is 427 g/mol. The molecule has 0 radical (unpaired) electrons. The zero-order valence-electron chi connectivity index (χ0n) is 21.7. The van der Waals surface area contributed by atoms with E-state index in [1.807, 2.05) is 0 Å². The van der Waals surface area contributed by atoms with E-state index in [4.69, 9.17) is 0 Å². The molecule has 1 N–H and O–H groups in total. The van der Waals surface area contributed by atoms with Gasteiger partial charge in [0.05, 0.1) is 6.10 Å². The molecule has 1 heteroatoms. The van der Waals surface area contributed by atoms with Gasteiger partial charge in [-0.25, -0.2) is 0 Å². The molecular weight excluding hydrogens is 376 g/mol. The molecule has 0 spiro atoms. The molecule has 0 aliphatic heterocycles. The Morgan fingerprint density at radius 1 is 0.871 bits per heavy atom. The SMILES string of the molecule is C=C(CCC=C(C)C)[C@H]1CC[C@]2(C)[C@@H]1CC[C@@H]1[C@]3(C)CC[C@H](O)C(C)(C)[C@@H]3CC[C@]12C. The maximum absolute atomic E-state index is 10.8.